The van der Waals surface area contributed by atoms with E-state index in [4.69, 9.17) is 0 Å². The van der Waals surface area contributed by atoms with Crippen molar-refractivity contribution < 1.29 is 4.58 Å². The van der Waals surface area contributed by atoms with Gasteiger partial charge in [0.25, 0.3) is 0 Å². The van der Waals surface area contributed by atoms with Crippen LogP contribution in [0.25, 0.3) is 6.08 Å². The fraction of sp³-hybridized carbons (Fsp3) is 0.571. The molecule has 1 aliphatic heterocycles. The molecule has 132 valence electrons. The third-order valence-corrected chi connectivity index (χ3v) is 5.93. The summed E-state index contributed by atoms with van der Waals surface area (Å²) < 4.78 is 2.60. The molecule has 2 rings (SSSR count). The molecule has 0 N–H and O–H groups in total. The third-order valence-electron chi connectivity index (χ3n) is 4.62. The summed E-state index contributed by atoms with van der Waals surface area (Å²) in [5.74, 6) is 1.22. The largest absolute Gasteiger partial charge is 0.378 e. The second-order valence-corrected chi connectivity index (χ2v) is 7.97. The molecule has 1 heterocycles. The first kappa shape index (κ1) is 19.1. The van der Waals surface area contributed by atoms with E-state index in [0.29, 0.717) is 6.04 Å². The highest BCUT2D eigenvalue weighted by Crippen LogP contribution is 2.21. The van der Waals surface area contributed by atoms with Crippen LogP contribution in [0.2, 0.25) is 0 Å². The fourth-order valence-electron chi connectivity index (χ4n) is 3.01. The van der Waals surface area contributed by atoms with Crippen molar-refractivity contribution in [3.05, 3.63) is 35.9 Å². The molecular formula is C21H33N2S+. The summed E-state index contributed by atoms with van der Waals surface area (Å²) in [6.07, 6.45) is 11.3. The lowest BCUT2D eigenvalue weighted by Crippen LogP contribution is -2.24. The molecule has 0 saturated carbocycles. The lowest BCUT2D eigenvalue weighted by Gasteiger charge is -2.11. The van der Waals surface area contributed by atoms with E-state index >= 15 is 0 Å². The molecule has 0 aliphatic carbocycles. The Morgan fingerprint density at radius 3 is 2.46 bits per heavy atom. The van der Waals surface area contributed by atoms with Crippen LogP contribution in [0.4, 0.5) is 5.69 Å². The van der Waals surface area contributed by atoms with E-state index in [1.807, 2.05) is 11.8 Å². The maximum Gasteiger partial charge on any atom is 0.235 e. The van der Waals surface area contributed by atoms with Crippen molar-refractivity contribution in [2.45, 2.75) is 52.0 Å². The van der Waals surface area contributed by atoms with Gasteiger partial charge in [-0.05, 0) is 37.1 Å². The molecule has 1 aliphatic rings. The fourth-order valence-corrected chi connectivity index (χ4v) is 4.20. The zero-order valence-corrected chi connectivity index (χ0v) is 16.6. The summed E-state index contributed by atoms with van der Waals surface area (Å²) in [5.41, 5.74) is 2.52. The zero-order valence-electron chi connectivity index (χ0n) is 15.8. The average Bonchev–Trinajstić information content (AvgIpc) is 2.93. The number of hydrogen-bond donors (Lipinski definition) is 0. The first-order valence-corrected chi connectivity index (χ1v) is 10.3. The predicted octanol–water partition coefficient (Wildman–Crippen LogP) is 5.28. The Hall–Kier alpha value is -1.22. The molecule has 1 atom stereocenters. The van der Waals surface area contributed by atoms with Gasteiger partial charge in [-0.2, -0.15) is 0 Å². The molecule has 1 unspecified atom stereocenters. The van der Waals surface area contributed by atoms with Crippen LogP contribution in [0.3, 0.4) is 0 Å². The second-order valence-electron chi connectivity index (χ2n) is 6.93. The van der Waals surface area contributed by atoms with E-state index in [2.05, 4.69) is 73.8 Å². The van der Waals surface area contributed by atoms with Crippen molar-refractivity contribution >= 4 is 28.6 Å². The van der Waals surface area contributed by atoms with Crippen LogP contribution in [0.5, 0.6) is 0 Å². The molecule has 0 radical (unpaired) electrons. The average molecular weight is 346 g/mol. The van der Waals surface area contributed by atoms with Gasteiger partial charge in [-0.3, -0.25) is 0 Å². The highest BCUT2D eigenvalue weighted by Gasteiger charge is 2.27. The predicted molar refractivity (Wildman–Crippen MR) is 111 cm³/mol. The maximum absolute atomic E-state index is 2.60. The van der Waals surface area contributed by atoms with Gasteiger partial charge < -0.3 is 4.90 Å². The quantitative estimate of drug-likeness (QED) is 0.443. The van der Waals surface area contributed by atoms with Crippen LogP contribution < -0.4 is 4.90 Å². The van der Waals surface area contributed by atoms with Gasteiger partial charge in [0.05, 0.1) is 5.75 Å². The molecule has 0 spiro atoms. The Labute approximate surface area is 152 Å². The van der Waals surface area contributed by atoms with Gasteiger partial charge in [-0.25, -0.2) is 4.58 Å². The minimum absolute atomic E-state index is 0.664. The first-order valence-electron chi connectivity index (χ1n) is 9.33. The highest BCUT2D eigenvalue weighted by atomic mass is 32.2. The molecule has 0 bridgehead atoms. The summed E-state index contributed by atoms with van der Waals surface area (Å²) in [5, 5.41) is 1.44. The normalized spacial score (nSPS) is 17.9. The molecule has 1 aromatic carbocycles. The Morgan fingerprint density at radius 1 is 1.08 bits per heavy atom. The molecular weight excluding hydrogens is 312 g/mol. The smallest absolute Gasteiger partial charge is 0.235 e. The third kappa shape index (κ3) is 5.70. The summed E-state index contributed by atoms with van der Waals surface area (Å²) in [6.45, 7) is 5.84. The van der Waals surface area contributed by atoms with Gasteiger partial charge in [-0.1, -0.05) is 50.1 Å². The van der Waals surface area contributed by atoms with Crippen LogP contribution in [0.1, 0.15) is 51.5 Å². The van der Waals surface area contributed by atoms with Gasteiger partial charge in [0.15, 0.2) is 6.04 Å². The van der Waals surface area contributed by atoms with Crippen molar-refractivity contribution in [1.29, 1.82) is 0 Å². The summed E-state index contributed by atoms with van der Waals surface area (Å²) in [4.78, 5) is 2.14. The van der Waals surface area contributed by atoms with E-state index in [-0.39, 0.29) is 0 Å². The first-order chi connectivity index (χ1) is 11.6. The molecule has 0 aromatic heterocycles. The zero-order chi connectivity index (χ0) is 17.4. The number of nitrogens with zero attached hydrogens (tertiary/aromatic N) is 2. The lowest BCUT2D eigenvalue weighted by atomic mass is 10.1. The monoisotopic (exact) mass is 345 g/mol. The van der Waals surface area contributed by atoms with E-state index in [1.165, 1.54) is 60.7 Å². The van der Waals surface area contributed by atoms with Crippen molar-refractivity contribution in [2.24, 2.45) is 0 Å². The topological polar surface area (TPSA) is 6.25 Å². The number of unbranched alkanes of at least 4 members (excludes halogenated alkanes) is 4. The number of hydrogen-bond acceptors (Lipinski definition) is 2. The molecule has 1 aromatic rings. The van der Waals surface area contributed by atoms with Gasteiger partial charge in [-0.15, -0.1) is 0 Å². The Kier molecular flexibility index (Phi) is 7.90. The Morgan fingerprint density at radius 2 is 1.79 bits per heavy atom. The Balaban J connectivity index is 1.96. The van der Waals surface area contributed by atoms with Gasteiger partial charge in [0.2, 0.25) is 5.04 Å². The Bertz CT molecular complexity index is 558. The van der Waals surface area contributed by atoms with Crippen LogP contribution in [0.15, 0.2) is 30.3 Å². The van der Waals surface area contributed by atoms with Crippen molar-refractivity contribution in [2.75, 3.05) is 31.3 Å². The summed E-state index contributed by atoms with van der Waals surface area (Å²) in [6, 6.07) is 9.42. The van der Waals surface area contributed by atoms with E-state index in [0.717, 1.165) is 0 Å². The number of benzene rings is 1. The molecule has 0 amide bonds. The standard InChI is InChI=1S/C21H33N2S/c1-5-6-7-8-9-16-23-18(2)17-24-21(23)15-12-19-10-13-20(14-11-19)22(3)4/h10-15,18H,5-9,16-17H2,1-4H3/q+1. The highest BCUT2D eigenvalue weighted by molar-refractivity contribution is 8.14. The van der Waals surface area contributed by atoms with Gasteiger partial charge in [0.1, 0.15) is 6.54 Å². The lowest BCUT2D eigenvalue weighted by molar-refractivity contribution is -0.551. The van der Waals surface area contributed by atoms with E-state index in [1.54, 1.807) is 0 Å². The second kappa shape index (κ2) is 9.93. The summed E-state index contributed by atoms with van der Waals surface area (Å²) >= 11 is 2.00. The SMILES string of the molecule is CCCCCCC[N+]1=C(/C=C/c2ccc(N(C)C)cc2)SCC1C. The number of thioether (sulfide) groups is 1. The van der Waals surface area contributed by atoms with Gasteiger partial charge in [0, 0.05) is 32.3 Å². The van der Waals surface area contributed by atoms with E-state index in [9.17, 15) is 0 Å². The van der Waals surface area contributed by atoms with Crippen LogP contribution in [0, 0.1) is 0 Å². The molecule has 0 fully saturated rings. The molecule has 0 saturated heterocycles. The van der Waals surface area contributed by atoms with Crippen molar-refractivity contribution in [3.63, 3.8) is 0 Å². The van der Waals surface area contributed by atoms with Crippen LogP contribution in [-0.4, -0.2) is 42.1 Å². The molecule has 24 heavy (non-hydrogen) atoms. The van der Waals surface area contributed by atoms with Crippen LogP contribution >= 0.6 is 11.8 Å². The summed E-state index contributed by atoms with van der Waals surface area (Å²) in [7, 11) is 4.16. The minimum atomic E-state index is 0.664. The number of rotatable bonds is 9. The van der Waals surface area contributed by atoms with Crippen LogP contribution in [-0.2, 0) is 0 Å². The van der Waals surface area contributed by atoms with E-state index < -0.39 is 0 Å². The maximum atomic E-state index is 2.60. The van der Waals surface area contributed by atoms with Crippen molar-refractivity contribution in [1.82, 2.24) is 0 Å². The number of anilines is 1. The minimum Gasteiger partial charge on any atom is -0.378 e. The van der Waals surface area contributed by atoms with Gasteiger partial charge >= 0.3 is 0 Å². The molecule has 3 heteroatoms. The molecule has 2 nitrogen and oxygen atoms in total. The van der Waals surface area contributed by atoms with Crippen molar-refractivity contribution in [3.8, 4) is 0 Å².